The Morgan fingerprint density at radius 1 is 0.893 bits per heavy atom. The minimum Gasteiger partial charge on any atom is -0.369 e. The number of aromatic nitrogens is 1. The third kappa shape index (κ3) is 3.67. The van der Waals surface area contributed by atoms with Crippen LogP contribution < -0.4 is 4.90 Å². The average molecular weight is 371 g/mol. The van der Waals surface area contributed by atoms with Gasteiger partial charge in [-0.15, -0.1) is 0 Å². The maximum atomic E-state index is 9.00. The maximum absolute atomic E-state index is 9.00. The molecule has 0 saturated carbocycles. The molecule has 1 aliphatic heterocycles. The zero-order valence-electron chi connectivity index (χ0n) is 16.6. The Balaban J connectivity index is 1.42. The summed E-state index contributed by atoms with van der Waals surface area (Å²) < 4.78 is 2.22. The lowest BCUT2D eigenvalue weighted by atomic mass is 10.1. The number of piperazine rings is 1. The fourth-order valence-corrected chi connectivity index (χ4v) is 3.95. The number of hydrogen-bond acceptors (Lipinski definition) is 3. The van der Waals surface area contributed by atoms with E-state index < -0.39 is 0 Å². The van der Waals surface area contributed by atoms with Gasteiger partial charge in [-0.05, 0) is 67.4 Å². The molecule has 1 fully saturated rings. The SMILES string of the molecule is Cc1cccc(N2CCN(Cc3cccn3-c3ccc(C#N)cc3)CC2)c1C. The van der Waals surface area contributed by atoms with Crippen molar-refractivity contribution in [1.29, 1.82) is 5.26 Å². The molecule has 0 spiro atoms. The van der Waals surface area contributed by atoms with Gasteiger partial charge in [-0.2, -0.15) is 5.26 Å². The van der Waals surface area contributed by atoms with E-state index in [1.54, 1.807) is 0 Å². The summed E-state index contributed by atoms with van der Waals surface area (Å²) in [6.45, 7) is 9.59. The lowest BCUT2D eigenvalue weighted by Gasteiger charge is -2.37. The number of nitriles is 1. The third-order valence-electron chi connectivity index (χ3n) is 5.78. The summed E-state index contributed by atoms with van der Waals surface area (Å²) in [4.78, 5) is 5.04. The second kappa shape index (κ2) is 7.92. The summed E-state index contributed by atoms with van der Waals surface area (Å²) in [5.74, 6) is 0. The molecule has 4 nitrogen and oxygen atoms in total. The molecule has 2 aromatic carbocycles. The minimum absolute atomic E-state index is 0.694. The first-order valence-electron chi connectivity index (χ1n) is 9.86. The topological polar surface area (TPSA) is 35.2 Å². The Morgan fingerprint density at radius 3 is 2.36 bits per heavy atom. The van der Waals surface area contributed by atoms with Crippen molar-refractivity contribution in [2.75, 3.05) is 31.1 Å². The summed E-state index contributed by atoms with van der Waals surface area (Å²) >= 11 is 0. The normalized spacial score (nSPS) is 14.8. The Bertz CT molecular complexity index is 986. The van der Waals surface area contributed by atoms with Crippen LogP contribution in [0.4, 0.5) is 5.69 Å². The minimum atomic E-state index is 0.694. The predicted octanol–water partition coefficient (Wildman–Crippen LogP) is 4.29. The van der Waals surface area contributed by atoms with E-state index in [0.717, 1.165) is 38.4 Å². The van der Waals surface area contributed by atoms with Gasteiger partial charge in [-0.1, -0.05) is 12.1 Å². The lowest BCUT2D eigenvalue weighted by molar-refractivity contribution is 0.246. The molecule has 0 bridgehead atoms. The van der Waals surface area contributed by atoms with Gasteiger partial charge in [-0.3, -0.25) is 4.90 Å². The Labute approximate surface area is 167 Å². The first-order chi connectivity index (χ1) is 13.7. The number of rotatable bonds is 4. The molecule has 0 atom stereocenters. The molecule has 0 aliphatic carbocycles. The molecule has 4 rings (SSSR count). The van der Waals surface area contributed by atoms with E-state index in [1.165, 1.54) is 22.5 Å². The standard InChI is InChI=1S/C24H26N4/c1-19-5-3-7-24(20(19)2)27-15-13-26(14-16-27)18-23-6-4-12-28(23)22-10-8-21(17-25)9-11-22/h3-12H,13-16,18H2,1-2H3. The largest absolute Gasteiger partial charge is 0.369 e. The number of anilines is 1. The van der Waals surface area contributed by atoms with Gasteiger partial charge in [0, 0.05) is 56.0 Å². The van der Waals surface area contributed by atoms with Gasteiger partial charge in [0.15, 0.2) is 0 Å². The fraction of sp³-hybridized carbons (Fsp3) is 0.292. The molecule has 142 valence electrons. The van der Waals surface area contributed by atoms with Crippen LogP contribution in [0.1, 0.15) is 22.4 Å². The van der Waals surface area contributed by atoms with Crippen molar-refractivity contribution in [3.05, 3.63) is 83.2 Å². The van der Waals surface area contributed by atoms with E-state index in [2.05, 4.69) is 70.8 Å². The molecular formula is C24H26N4. The van der Waals surface area contributed by atoms with Gasteiger partial charge in [0.25, 0.3) is 0 Å². The zero-order chi connectivity index (χ0) is 19.5. The van der Waals surface area contributed by atoms with E-state index in [0.29, 0.717) is 5.56 Å². The Hall–Kier alpha value is -3.03. The Morgan fingerprint density at radius 2 is 1.64 bits per heavy atom. The van der Waals surface area contributed by atoms with Crippen molar-refractivity contribution in [2.24, 2.45) is 0 Å². The van der Waals surface area contributed by atoms with Gasteiger partial charge in [-0.25, -0.2) is 0 Å². The van der Waals surface area contributed by atoms with E-state index in [-0.39, 0.29) is 0 Å². The smallest absolute Gasteiger partial charge is 0.0991 e. The molecule has 28 heavy (non-hydrogen) atoms. The van der Waals surface area contributed by atoms with Gasteiger partial charge >= 0.3 is 0 Å². The molecule has 3 aromatic rings. The van der Waals surface area contributed by atoms with E-state index in [9.17, 15) is 0 Å². The highest BCUT2D eigenvalue weighted by atomic mass is 15.3. The van der Waals surface area contributed by atoms with Crippen molar-refractivity contribution in [1.82, 2.24) is 9.47 Å². The summed E-state index contributed by atoms with van der Waals surface area (Å²) in [7, 11) is 0. The van der Waals surface area contributed by atoms with Crippen LogP contribution in [0.25, 0.3) is 5.69 Å². The lowest BCUT2D eigenvalue weighted by Crippen LogP contribution is -2.46. The second-order valence-corrected chi connectivity index (χ2v) is 7.51. The predicted molar refractivity (Wildman–Crippen MR) is 114 cm³/mol. The summed E-state index contributed by atoms with van der Waals surface area (Å²) in [6.07, 6.45) is 2.10. The molecule has 1 aromatic heterocycles. The summed E-state index contributed by atoms with van der Waals surface area (Å²) in [5.41, 5.74) is 7.21. The number of nitrogens with zero attached hydrogens (tertiary/aromatic N) is 4. The summed E-state index contributed by atoms with van der Waals surface area (Å²) in [6, 6.07) is 20.8. The van der Waals surface area contributed by atoms with Crippen molar-refractivity contribution in [3.8, 4) is 11.8 Å². The number of aryl methyl sites for hydroxylation is 1. The number of benzene rings is 2. The van der Waals surface area contributed by atoms with Gasteiger partial charge in [0.05, 0.1) is 11.6 Å². The molecule has 4 heteroatoms. The third-order valence-corrected chi connectivity index (χ3v) is 5.78. The molecule has 0 unspecified atom stereocenters. The molecule has 0 radical (unpaired) electrons. The molecule has 0 amide bonds. The van der Waals surface area contributed by atoms with Gasteiger partial charge in [0.2, 0.25) is 0 Å². The van der Waals surface area contributed by atoms with E-state index >= 15 is 0 Å². The molecule has 1 saturated heterocycles. The highest BCUT2D eigenvalue weighted by molar-refractivity contribution is 5.56. The Kier molecular flexibility index (Phi) is 5.18. The van der Waals surface area contributed by atoms with Crippen LogP contribution >= 0.6 is 0 Å². The summed E-state index contributed by atoms with van der Waals surface area (Å²) in [5, 5.41) is 9.00. The van der Waals surface area contributed by atoms with Crippen LogP contribution in [0, 0.1) is 25.2 Å². The monoisotopic (exact) mass is 370 g/mol. The van der Waals surface area contributed by atoms with E-state index in [4.69, 9.17) is 5.26 Å². The molecular weight excluding hydrogens is 344 g/mol. The van der Waals surface area contributed by atoms with Gasteiger partial charge < -0.3 is 9.47 Å². The maximum Gasteiger partial charge on any atom is 0.0991 e. The second-order valence-electron chi connectivity index (χ2n) is 7.51. The van der Waals surface area contributed by atoms with Crippen LogP contribution in [0.15, 0.2) is 60.8 Å². The van der Waals surface area contributed by atoms with Crippen molar-refractivity contribution >= 4 is 5.69 Å². The average Bonchev–Trinajstić information content (AvgIpc) is 3.19. The highest BCUT2D eigenvalue weighted by Crippen LogP contribution is 2.24. The molecule has 2 heterocycles. The van der Waals surface area contributed by atoms with Crippen LogP contribution in [-0.4, -0.2) is 35.6 Å². The molecule has 1 aliphatic rings. The van der Waals surface area contributed by atoms with Crippen LogP contribution in [0.3, 0.4) is 0 Å². The quantitative estimate of drug-likeness (QED) is 0.687. The van der Waals surface area contributed by atoms with Crippen molar-refractivity contribution < 1.29 is 0 Å². The van der Waals surface area contributed by atoms with E-state index in [1.807, 2.05) is 24.3 Å². The first-order valence-corrected chi connectivity index (χ1v) is 9.86. The van der Waals surface area contributed by atoms with Crippen molar-refractivity contribution in [3.63, 3.8) is 0 Å². The number of hydrogen-bond donors (Lipinski definition) is 0. The molecule has 0 N–H and O–H groups in total. The van der Waals surface area contributed by atoms with Crippen LogP contribution in [0.2, 0.25) is 0 Å². The van der Waals surface area contributed by atoms with Crippen molar-refractivity contribution in [2.45, 2.75) is 20.4 Å². The zero-order valence-corrected chi connectivity index (χ0v) is 16.6. The fourth-order valence-electron chi connectivity index (χ4n) is 3.95. The van der Waals surface area contributed by atoms with Gasteiger partial charge in [0.1, 0.15) is 0 Å². The van der Waals surface area contributed by atoms with Crippen LogP contribution in [-0.2, 0) is 6.54 Å². The van der Waals surface area contributed by atoms with Crippen LogP contribution in [0.5, 0.6) is 0 Å². The highest BCUT2D eigenvalue weighted by Gasteiger charge is 2.19. The first kappa shape index (κ1) is 18.3.